The third kappa shape index (κ3) is 220. The van der Waals surface area contributed by atoms with Crippen LogP contribution in [0.15, 0.2) is 0 Å². The fraction of sp³-hybridized carbons (Fsp3) is 1.00. The first-order valence-corrected chi connectivity index (χ1v) is 4.43. The average molecular weight is 180 g/mol. The van der Waals surface area contributed by atoms with Gasteiger partial charge in [0, 0.05) is 25.9 Å². The molecule has 0 amide bonds. The van der Waals surface area contributed by atoms with Crippen LogP contribution < -0.4 is 0 Å². The first-order valence-electron chi connectivity index (χ1n) is 4.43. The highest BCUT2D eigenvalue weighted by atomic mass is 16.5. The van der Waals surface area contributed by atoms with Gasteiger partial charge in [-0.15, -0.1) is 0 Å². The lowest BCUT2D eigenvalue weighted by atomic mass is 10.5. The summed E-state index contributed by atoms with van der Waals surface area (Å²) >= 11 is 0. The Morgan fingerprint density at radius 2 is 1.25 bits per heavy atom. The van der Waals surface area contributed by atoms with E-state index in [0.29, 0.717) is 0 Å². The molecule has 0 aromatic rings. The molecule has 0 heterocycles. The second-order valence-corrected chi connectivity index (χ2v) is 2.19. The summed E-state index contributed by atoms with van der Waals surface area (Å²) in [7, 11) is 0. The Morgan fingerprint density at radius 1 is 1.08 bits per heavy atom. The van der Waals surface area contributed by atoms with E-state index in [-0.39, 0.29) is 12.7 Å². The highest BCUT2D eigenvalue weighted by molar-refractivity contribution is 4.20. The Bertz CT molecular complexity index is 42.3. The third-order valence-corrected chi connectivity index (χ3v) is 0.408. The van der Waals surface area contributed by atoms with Crippen molar-refractivity contribution in [2.24, 2.45) is 0 Å². The van der Waals surface area contributed by atoms with Gasteiger partial charge in [0.15, 0.2) is 0 Å². The summed E-state index contributed by atoms with van der Waals surface area (Å²) in [6.45, 7) is 11.0. The van der Waals surface area contributed by atoms with Crippen LogP contribution in [-0.4, -0.2) is 36.1 Å². The zero-order valence-corrected chi connectivity index (χ0v) is 9.00. The van der Waals surface area contributed by atoms with Crippen molar-refractivity contribution in [3.63, 3.8) is 0 Å². The fourth-order valence-electron chi connectivity index (χ4n) is 0.204. The number of aliphatic hydroxyl groups is 2. The predicted molar refractivity (Wildman–Crippen MR) is 52.3 cm³/mol. The van der Waals surface area contributed by atoms with Gasteiger partial charge in [-0.25, -0.2) is 0 Å². The van der Waals surface area contributed by atoms with E-state index in [9.17, 15) is 0 Å². The van der Waals surface area contributed by atoms with Crippen LogP contribution in [0.4, 0.5) is 0 Å². The van der Waals surface area contributed by atoms with Crippen molar-refractivity contribution in [3.05, 3.63) is 0 Å². The first kappa shape index (κ1) is 17.8. The Morgan fingerprint density at radius 3 is 1.25 bits per heavy atom. The summed E-state index contributed by atoms with van der Waals surface area (Å²) in [5, 5.41) is 15.6. The van der Waals surface area contributed by atoms with Crippen LogP contribution in [-0.2, 0) is 4.74 Å². The number of hydrogen-bond donors (Lipinski definition) is 2. The Kier molecular flexibility index (Phi) is 33.3. The monoisotopic (exact) mass is 180 g/mol. The first-order chi connectivity index (χ1) is 5.56. The summed E-state index contributed by atoms with van der Waals surface area (Å²) in [6, 6.07) is 0. The molecule has 0 aromatic heterocycles. The van der Waals surface area contributed by atoms with E-state index in [2.05, 4.69) is 0 Å². The van der Waals surface area contributed by atoms with Crippen molar-refractivity contribution in [1.82, 2.24) is 0 Å². The van der Waals surface area contributed by atoms with Gasteiger partial charge in [-0.1, -0.05) is 0 Å². The highest BCUT2D eigenvalue weighted by Gasteiger charge is 1.69. The smallest absolute Gasteiger partial charge is 0.0483 e. The van der Waals surface area contributed by atoms with Crippen molar-refractivity contribution in [2.75, 3.05) is 19.8 Å². The summed E-state index contributed by atoms with van der Waals surface area (Å²) < 4.78 is 4.83. The maximum absolute atomic E-state index is 8.06. The molecule has 0 aliphatic carbocycles. The largest absolute Gasteiger partial charge is 0.397 e. The molecule has 0 aliphatic rings. The molecule has 0 aliphatic heterocycles. The SMILES string of the molecule is CC(C)O.CCO.CCOCC. The van der Waals surface area contributed by atoms with E-state index in [0.717, 1.165) is 13.2 Å². The lowest BCUT2D eigenvalue weighted by molar-refractivity contribution is 0.162. The molecule has 0 rings (SSSR count). The zero-order chi connectivity index (χ0) is 10.4. The van der Waals surface area contributed by atoms with Crippen molar-refractivity contribution in [2.45, 2.75) is 40.7 Å². The molecule has 0 bridgehead atoms. The van der Waals surface area contributed by atoms with Gasteiger partial charge in [-0.3, -0.25) is 0 Å². The lowest BCUT2D eigenvalue weighted by Gasteiger charge is -1.86. The van der Waals surface area contributed by atoms with Crippen LogP contribution >= 0.6 is 0 Å². The predicted octanol–water partition coefficient (Wildman–Crippen LogP) is 1.43. The van der Waals surface area contributed by atoms with Gasteiger partial charge in [-0.2, -0.15) is 0 Å². The molecule has 0 atom stereocenters. The Labute approximate surface area is 76.4 Å². The average Bonchev–Trinajstić information content (AvgIpc) is 1.89. The van der Waals surface area contributed by atoms with E-state index in [1.807, 2.05) is 13.8 Å². The molecule has 2 N–H and O–H groups in total. The molecule has 12 heavy (non-hydrogen) atoms. The maximum atomic E-state index is 8.06. The molecule has 3 nitrogen and oxygen atoms in total. The minimum absolute atomic E-state index is 0.167. The Balaban J connectivity index is -0.000000105. The van der Waals surface area contributed by atoms with Crippen LogP contribution in [0.2, 0.25) is 0 Å². The molecule has 0 saturated heterocycles. The van der Waals surface area contributed by atoms with Gasteiger partial charge < -0.3 is 14.9 Å². The molecule has 0 aromatic carbocycles. The van der Waals surface area contributed by atoms with Gasteiger partial charge in [0.05, 0.1) is 0 Å². The zero-order valence-electron chi connectivity index (χ0n) is 9.00. The summed E-state index contributed by atoms with van der Waals surface area (Å²) in [5.41, 5.74) is 0. The van der Waals surface area contributed by atoms with E-state index >= 15 is 0 Å². The molecule has 0 fully saturated rings. The molecule has 0 radical (unpaired) electrons. The van der Waals surface area contributed by atoms with Gasteiger partial charge in [0.1, 0.15) is 0 Å². The molecule has 3 heteroatoms. The molecular formula is C9H24O3. The van der Waals surface area contributed by atoms with Crippen molar-refractivity contribution in [1.29, 1.82) is 0 Å². The maximum Gasteiger partial charge on any atom is 0.0483 e. The minimum atomic E-state index is -0.167. The summed E-state index contributed by atoms with van der Waals surface area (Å²) in [6.07, 6.45) is -0.167. The third-order valence-electron chi connectivity index (χ3n) is 0.408. The van der Waals surface area contributed by atoms with Gasteiger partial charge in [0.2, 0.25) is 0 Å². The van der Waals surface area contributed by atoms with E-state index < -0.39 is 0 Å². The number of aliphatic hydroxyl groups excluding tert-OH is 2. The lowest BCUT2D eigenvalue weighted by Crippen LogP contribution is -1.85. The molecule has 0 spiro atoms. The molecule has 0 unspecified atom stereocenters. The fourth-order valence-corrected chi connectivity index (χ4v) is 0.204. The van der Waals surface area contributed by atoms with Crippen LogP contribution in [0.1, 0.15) is 34.6 Å². The Hall–Kier alpha value is -0.120. The summed E-state index contributed by atoms with van der Waals surface area (Å²) in [5.74, 6) is 0. The van der Waals surface area contributed by atoms with Crippen molar-refractivity contribution in [3.8, 4) is 0 Å². The molecular weight excluding hydrogens is 156 g/mol. The van der Waals surface area contributed by atoms with Crippen molar-refractivity contribution < 1.29 is 14.9 Å². The number of hydrogen-bond acceptors (Lipinski definition) is 3. The second kappa shape index (κ2) is 22.4. The van der Waals surface area contributed by atoms with Crippen LogP contribution in [0, 0.1) is 0 Å². The molecule has 78 valence electrons. The van der Waals surface area contributed by atoms with E-state index in [1.165, 1.54) is 0 Å². The van der Waals surface area contributed by atoms with Crippen LogP contribution in [0.5, 0.6) is 0 Å². The summed E-state index contributed by atoms with van der Waals surface area (Å²) in [4.78, 5) is 0. The van der Waals surface area contributed by atoms with Gasteiger partial charge in [0.25, 0.3) is 0 Å². The second-order valence-electron chi connectivity index (χ2n) is 2.19. The quantitative estimate of drug-likeness (QED) is 0.676. The van der Waals surface area contributed by atoms with Gasteiger partial charge in [-0.05, 0) is 34.6 Å². The normalized spacial score (nSPS) is 8.00. The highest BCUT2D eigenvalue weighted by Crippen LogP contribution is 1.65. The minimum Gasteiger partial charge on any atom is -0.397 e. The van der Waals surface area contributed by atoms with Crippen LogP contribution in [0.25, 0.3) is 0 Å². The van der Waals surface area contributed by atoms with E-state index in [4.69, 9.17) is 14.9 Å². The molecule has 0 saturated carbocycles. The van der Waals surface area contributed by atoms with Crippen LogP contribution in [0.3, 0.4) is 0 Å². The van der Waals surface area contributed by atoms with Gasteiger partial charge >= 0.3 is 0 Å². The van der Waals surface area contributed by atoms with E-state index in [1.54, 1.807) is 20.8 Å². The van der Waals surface area contributed by atoms with Crippen molar-refractivity contribution >= 4 is 0 Å². The topological polar surface area (TPSA) is 49.7 Å². The number of rotatable bonds is 2. The standard InChI is InChI=1S/C4H10O.C3H8O.C2H6O/c1-3-5-4-2;1-3(2)4;1-2-3/h3-4H2,1-2H3;3-4H,1-2H3;3H,2H2,1H3. The number of ether oxygens (including phenoxy) is 1.